The zero-order chi connectivity index (χ0) is 18.8. The summed E-state index contributed by atoms with van der Waals surface area (Å²) in [4.78, 5) is 16.5. The summed E-state index contributed by atoms with van der Waals surface area (Å²) in [5.41, 5.74) is -0.337. The minimum Gasteiger partial charge on any atom is -0.319 e. The topological polar surface area (TPSA) is 75.7 Å². The van der Waals surface area contributed by atoms with Gasteiger partial charge >= 0.3 is 0 Å². The molecule has 25 heavy (non-hydrogen) atoms. The molecule has 10 heteroatoms. The lowest BCUT2D eigenvalue weighted by Gasteiger charge is -2.16. The van der Waals surface area contributed by atoms with E-state index in [1.165, 1.54) is 12.1 Å². The van der Waals surface area contributed by atoms with Crippen LogP contribution in [0.5, 0.6) is 0 Å². The van der Waals surface area contributed by atoms with Crippen LogP contribution in [0.15, 0.2) is 41.3 Å². The number of nitrogens with zero attached hydrogens (tertiary/aromatic N) is 1. The van der Waals surface area contributed by atoms with E-state index in [0.717, 1.165) is 32.4 Å². The molecule has 0 aliphatic carbocycles. The molecular formula is C15H13ClF2N2O4S. The zero-order valence-corrected chi connectivity index (χ0v) is 14.7. The van der Waals surface area contributed by atoms with E-state index >= 15 is 0 Å². The zero-order valence-electron chi connectivity index (χ0n) is 13.1. The number of rotatable bonds is 5. The second-order valence-electron chi connectivity index (χ2n) is 4.82. The van der Waals surface area contributed by atoms with Crippen molar-refractivity contribution in [1.82, 2.24) is 4.47 Å². The smallest absolute Gasteiger partial charge is 0.266 e. The SMILES string of the molecule is CON(C)S(=O)(=O)c1cc(C(=O)Nc2ccc(F)cc2F)ccc1Cl. The number of hydroxylamine groups is 1. The second-order valence-corrected chi connectivity index (χ2v) is 7.13. The van der Waals surface area contributed by atoms with Gasteiger partial charge in [-0.25, -0.2) is 17.2 Å². The molecule has 0 fully saturated rings. The minimum absolute atomic E-state index is 0.0868. The van der Waals surface area contributed by atoms with Crippen molar-refractivity contribution < 1.29 is 26.8 Å². The second kappa shape index (κ2) is 7.44. The fourth-order valence-electron chi connectivity index (χ4n) is 1.86. The number of nitrogens with one attached hydrogen (secondary N) is 1. The van der Waals surface area contributed by atoms with Gasteiger partial charge in [-0.1, -0.05) is 16.1 Å². The molecule has 1 N–H and O–H groups in total. The van der Waals surface area contributed by atoms with E-state index in [1.54, 1.807) is 0 Å². The van der Waals surface area contributed by atoms with Crippen LogP contribution >= 0.6 is 11.6 Å². The summed E-state index contributed by atoms with van der Waals surface area (Å²) in [6, 6.07) is 6.16. The molecule has 0 radical (unpaired) electrons. The average Bonchev–Trinajstić information content (AvgIpc) is 2.56. The average molecular weight is 391 g/mol. The van der Waals surface area contributed by atoms with Gasteiger partial charge in [0.15, 0.2) is 0 Å². The molecule has 0 spiro atoms. The normalized spacial score (nSPS) is 11.6. The van der Waals surface area contributed by atoms with Gasteiger partial charge < -0.3 is 5.32 Å². The third kappa shape index (κ3) is 4.13. The van der Waals surface area contributed by atoms with Gasteiger partial charge in [0.2, 0.25) is 0 Å². The lowest BCUT2D eigenvalue weighted by Crippen LogP contribution is -2.26. The molecule has 0 aromatic heterocycles. The van der Waals surface area contributed by atoms with Crippen LogP contribution in [-0.4, -0.2) is 33.0 Å². The van der Waals surface area contributed by atoms with Crippen molar-refractivity contribution in [3.8, 4) is 0 Å². The van der Waals surface area contributed by atoms with Crippen LogP contribution in [0.3, 0.4) is 0 Å². The third-order valence-corrected chi connectivity index (χ3v) is 5.41. The molecule has 0 aliphatic rings. The van der Waals surface area contributed by atoms with Crippen molar-refractivity contribution in [3.05, 3.63) is 58.6 Å². The molecule has 2 aromatic rings. The maximum absolute atomic E-state index is 13.6. The molecular weight excluding hydrogens is 378 g/mol. The van der Waals surface area contributed by atoms with Gasteiger partial charge in [0.25, 0.3) is 15.9 Å². The number of benzene rings is 2. The Morgan fingerprint density at radius 1 is 1.20 bits per heavy atom. The fourth-order valence-corrected chi connectivity index (χ4v) is 3.34. The number of sulfonamides is 1. The Morgan fingerprint density at radius 2 is 1.88 bits per heavy atom. The van der Waals surface area contributed by atoms with Gasteiger partial charge in [-0.05, 0) is 30.3 Å². The van der Waals surface area contributed by atoms with Crippen LogP contribution in [0, 0.1) is 11.6 Å². The minimum atomic E-state index is -4.09. The highest BCUT2D eigenvalue weighted by Crippen LogP contribution is 2.26. The summed E-state index contributed by atoms with van der Waals surface area (Å²) in [5, 5.41) is 2.11. The molecule has 0 saturated heterocycles. The van der Waals surface area contributed by atoms with Crippen molar-refractivity contribution in [2.45, 2.75) is 4.90 Å². The Balaban J connectivity index is 2.37. The molecule has 2 rings (SSSR count). The first kappa shape index (κ1) is 19.3. The molecule has 0 saturated carbocycles. The summed E-state index contributed by atoms with van der Waals surface area (Å²) in [5.74, 6) is -2.55. The predicted molar refractivity (Wildman–Crippen MR) is 87.7 cm³/mol. The summed E-state index contributed by atoms with van der Waals surface area (Å²) in [6.07, 6.45) is 0. The molecule has 0 aliphatic heterocycles. The van der Waals surface area contributed by atoms with E-state index in [0.29, 0.717) is 10.5 Å². The summed E-state index contributed by atoms with van der Waals surface area (Å²) in [6.45, 7) is 0. The largest absolute Gasteiger partial charge is 0.319 e. The van der Waals surface area contributed by atoms with E-state index in [-0.39, 0.29) is 21.2 Å². The maximum atomic E-state index is 13.6. The Bertz CT molecular complexity index is 922. The standard InChI is InChI=1S/C15H13ClF2N2O4S/c1-20(24-2)25(22,23)14-7-9(3-5-11(14)16)15(21)19-13-6-4-10(17)8-12(13)18/h3-8H,1-2H3,(H,19,21). The Kier molecular flexibility index (Phi) is 5.73. The number of hydrogen-bond acceptors (Lipinski definition) is 4. The molecule has 134 valence electrons. The van der Waals surface area contributed by atoms with Crippen LogP contribution in [0.25, 0.3) is 0 Å². The van der Waals surface area contributed by atoms with Gasteiger partial charge in [-0.3, -0.25) is 9.63 Å². The molecule has 0 unspecified atom stereocenters. The number of carbonyl (C=O) groups excluding carboxylic acids is 1. The van der Waals surface area contributed by atoms with Crippen molar-refractivity contribution in [2.75, 3.05) is 19.5 Å². The predicted octanol–water partition coefficient (Wildman–Crippen LogP) is 3.05. The highest BCUT2D eigenvalue weighted by Gasteiger charge is 2.25. The lowest BCUT2D eigenvalue weighted by molar-refractivity contribution is -0.0258. The molecule has 6 nitrogen and oxygen atoms in total. The molecule has 2 aromatic carbocycles. The number of hydrogen-bond donors (Lipinski definition) is 1. The number of halogens is 3. The lowest BCUT2D eigenvalue weighted by atomic mass is 10.2. The molecule has 1 amide bonds. The number of amides is 1. The Hall–Kier alpha value is -2.07. The van der Waals surface area contributed by atoms with Crippen LogP contribution in [-0.2, 0) is 14.9 Å². The van der Waals surface area contributed by atoms with Crippen molar-refractivity contribution in [2.24, 2.45) is 0 Å². The molecule has 0 bridgehead atoms. The monoisotopic (exact) mass is 390 g/mol. The van der Waals surface area contributed by atoms with Crippen LogP contribution < -0.4 is 5.32 Å². The van der Waals surface area contributed by atoms with E-state index in [4.69, 9.17) is 11.6 Å². The Labute approximate surface area is 148 Å². The third-order valence-electron chi connectivity index (χ3n) is 3.25. The number of carbonyl (C=O) groups is 1. The van der Waals surface area contributed by atoms with Gasteiger partial charge in [-0.15, -0.1) is 0 Å². The quantitative estimate of drug-likeness (QED) is 0.796. The van der Waals surface area contributed by atoms with Crippen molar-refractivity contribution >= 4 is 33.2 Å². The Morgan fingerprint density at radius 3 is 2.48 bits per heavy atom. The molecule has 0 atom stereocenters. The highest BCUT2D eigenvalue weighted by atomic mass is 35.5. The van der Waals surface area contributed by atoms with E-state index in [9.17, 15) is 22.0 Å². The van der Waals surface area contributed by atoms with Gasteiger partial charge in [0.05, 0.1) is 17.8 Å². The van der Waals surface area contributed by atoms with Gasteiger partial charge in [0.1, 0.15) is 16.5 Å². The van der Waals surface area contributed by atoms with Gasteiger partial charge in [-0.2, -0.15) is 0 Å². The summed E-state index contributed by atoms with van der Waals surface area (Å²) >= 11 is 5.89. The summed E-state index contributed by atoms with van der Waals surface area (Å²) < 4.78 is 51.7. The summed E-state index contributed by atoms with van der Waals surface area (Å²) in [7, 11) is -1.78. The first-order chi connectivity index (χ1) is 11.7. The van der Waals surface area contributed by atoms with Crippen LogP contribution in [0.2, 0.25) is 5.02 Å². The first-order valence-electron chi connectivity index (χ1n) is 6.76. The van der Waals surface area contributed by atoms with Crippen molar-refractivity contribution in [3.63, 3.8) is 0 Å². The highest BCUT2D eigenvalue weighted by molar-refractivity contribution is 7.89. The van der Waals surface area contributed by atoms with E-state index in [2.05, 4.69) is 10.2 Å². The van der Waals surface area contributed by atoms with E-state index in [1.807, 2.05) is 0 Å². The van der Waals surface area contributed by atoms with Crippen LogP contribution in [0.4, 0.5) is 14.5 Å². The fraction of sp³-hybridized carbons (Fsp3) is 0.133. The van der Waals surface area contributed by atoms with E-state index < -0.39 is 27.6 Å². The van der Waals surface area contributed by atoms with Gasteiger partial charge in [0, 0.05) is 18.7 Å². The molecule has 0 heterocycles. The first-order valence-corrected chi connectivity index (χ1v) is 8.57. The van der Waals surface area contributed by atoms with Crippen molar-refractivity contribution in [1.29, 1.82) is 0 Å². The van der Waals surface area contributed by atoms with Crippen LogP contribution in [0.1, 0.15) is 10.4 Å². The maximum Gasteiger partial charge on any atom is 0.266 e. The number of anilines is 1.